The summed E-state index contributed by atoms with van der Waals surface area (Å²) in [7, 11) is 0. The van der Waals surface area contributed by atoms with E-state index in [2.05, 4.69) is 9.97 Å². The summed E-state index contributed by atoms with van der Waals surface area (Å²) in [5.74, 6) is -0.811. The van der Waals surface area contributed by atoms with Crippen molar-refractivity contribution >= 4 is 11.9 Å². The third-order valence-electron chi connectivity index (χ3n) is 4.64. The van der Waals surface area contributed by atoms with Gasteiger partial charge in [-0.05, 0) is 34.1 Å². The molecule has 0 unspecified atom stereocenters. The summed E-state index contributed by atoms with van der Waals surface area (Å²) < 4.78 is 44.0. The lowest BCUT2D eigenvalue weighted by Gasteiger charge is -2.49. The van der Waals surface area contributed by atoms with Crippen molar-refractivity contribution in [2.24, 2.45) is 5.41 Å². The summed E-state index contributed by atoms with van der Waals surface area (Å²) >= 11 is 0. The minimum absolute atomic E-state index is 0.104. The number of ether oxygens (including phenoxy) is 1. The lowest BCUT2D eigenvalue weighted by atomic mass is 9.79. The van der Waals surface area contributed by atoms with Gasteiger partial charge in [0, 0.05) is 43.4 Å². The number of aromatic nitrogens is 2. The largest absolute Gasteiger partial charge is 0.451 e. The molecule has 0 saturated carbocycles. The number of amides is 1. The molecule has 0 aliphatic carbocycles. The number of alkyl halides is 3. The Hall–Kier alpha value is -2.06. The number of carbonyl (C=O) groups excluding carboxylic acids is 1. The second kappa shape index (κ2) is 5.99. The Labute approximate surface area is 150 Å². The van der Waals surface area contributed by atoms with Crippen LogP contribution in [0.2, 0.25) is 0 Å². The molecular weight excluding hydrogens is 349 g/mol. The van der Waals surface area contributed by atoms with Crippen molar-refractivity contribution in [1.29, 1.82) is 0 Å². The van der Waals surface area contributed by atoms with Crippen LogP contribution in [0.5, 0.6) is 0 Å². The van der Waals surface area contributed by atoms with Crippen LogP contribution in [-0.2, 0) is 10.9 Å². The number of rotatable bonds is 1. The Bertz CT molecular complexity index is 709. The van der Waals surface area contributed by atoms with E-state index in [0.717, 1.165) is 6.42 Å². The average Bonchev–Trinajstić information content (AvgIpc) is 2.89. The van der Waals surface area contributed by atoms with Crippen LogP contribution in [0.3, 0.4) is 0 Å². The monoisotopic (exact) mass is 372 g/mol. The number of hydrogen-bond donors (Lipinski definition) is 0. The van der Waals surface area contributed by atoms with Crippen molar-refractivity contribution in [3.63, 3.8) is 0 Å². The van der Waals surface area contributed by atoms with Crippen LogP contribution in [0.4, 0.5) is 23.8 Å². The molecule has 2 aliphatic rings. The van der Waals surface area contributed by atoms with E-state index >= 15 is 0 Å². The van der Waals surface area contributed by atoms with Crippen LogP contribution in [0.15, 0.2) is 6.20 Å². The fraction of sp³-hybridized carbons (Fsp3) is 0.706. The van der Waals surface area contributed by atoms with E-state index < -0.39 is 17.6 Å². The van der Waals surface area contributed by atoms with Gasteiger partial charge in [-0.15, -0.1) is 0 Å². The fourth-order valence-corrected chi connectivity index (χ4v) is 3.48. The topological polar surface area (TPSA) is 58.6 Å². The Morgan fingerprint density at radius 3 is 2.46 bits per heavy atom. The third-order valence-corrected chi connectivity index (χ3v) is 4.64. The van der Waals surface area contributed by atoms with E-state index in [0.29, 0.717) is 37.6 Å². The van der Waals surface area contributed by atoms with Gasteiger partial charge in [0.2, 0.25) is 5.82 Å². The van der Waals surface area contributed by atoms with Crippen molar-refractivity contribution in [1.82, 2.24) is 14.9 Å². The normalized spacial score (nSPS) is 19.7. The highest BCUT2D eigenvalue weighted by atomic mass is 19.4. The highest BCUT2D eigenvalue weighted by Gasteiger charge is 2.50. The summed E-state index contributed by atoms with van der Waals surface area (Å²) in [5.41, 5.74) is -0.0492. The van der Waals surface area contributed by atoms with Gasteiger partial charge < -0.3 is 14.5 Å². The molecule has 0 N–H and O–H groups in total. The van der Waals surface area contributed by atoms with Gasteiger partial charge >= 0.3 is 12.3 Å². The Kier molecular flexibility index (Phi) is 4.31. The van der Waals surface area contributed by atoms with Crippen molar-refractivity contribution in [3.05, 3.63) is 17.6 Å². The van der Waals surface area contributed by atoms with Crippen LogP contribution in [-0.4, -0.2) is 52.7 Å². The lowest BCUT2D eigenvalue weighted by molar-refractivity contribution is -0.144. The molecule has 1 aromatic rings. The molecule has 2 aliphatic heterocycles. The van der Waals surface area contributed by atoms with Gasteiger partial charge in [-0.25, -0.2) is 14.8 Å². The highest BCUT2D eigenvalue weighted by molar-refractivity contribution is 5.69. The summed E-state index contributed by atoms with van der Waals surface area (Å²) in [6.07, 6.45) is -2.90. The number of halogens is 3. The zero-order valence-electron chi connectivity index (χ0n) is 15.4. The third kappa shape index (κ3) is 3.71. The maximum Gasteiger partial charge on any atom is 0.451 e. The summed E-state index contributed by atoms with van der Waals surface area (Å²) in [6, 6.07) is 0. The average molecular weight is 372 g/mol. The van der Waals surface area contributed by atoms with Crippen molar-refractivity contribution in [3.8, 4) is 0 Å². The smallest absolute Gasteiger partial charge is 0.444 e. The molecule has 1 amide bonds. The molecule has 6 nitrogen and oxygen atoms in total. The highest BCUT2D eigenvalue weighted by Crippen LogP contribution is 2.42. The minimum Gasteiger partial charge on any atom is -0.444 e. The maximum atomic E-state index is 12.9. The molecule has 0 atom stereocenters. The second-order valence-electron chi connectivity index (χ2n) is 8.21. The molecule has 9 heteroatoms. The molecule has 2 fully saturated rings. The van der Waals surface area contributed by atoms with Crippen LogP contribution >= 0.6 is 0 Å². The van der Waals surface area contributed by atoms with Crippen LogP contribution in [0.1, 0.15) is 38.6 Å². The summed E-state index contributed by atoms with van der Waals surface area (Å²) in [4.78, 5) is 22.8. The van der Waals surface area contributed by atoms with E-state index in [-0.39, 0.29) is 11.5 Å². The van der Waals surface area contributed by atoms with Crippen LogP contribution in [0.25, 0.3) is 0 Å². The zero-order valence-corrected chi connectivity index (χ0v) is 15.4. The van der Waals surface area contributed by atoms with E-state index in [9.17, 15) is 18.0 Å². The number of carbonyl (C=O) groups is 1. The molecule has 2 saturated heterocycles. The molecule has 144 valence electrons. The number of hydrogen-bond acceptors (Lipinski definition) is 5. The Morgan fingerprint density at radius 1 is 1.23 bits per heavy atom. The standard InChI is InChI=1S/C17H23F3N4O2/c1-11-7-21-13(17(18,19)20)22-12(11)24-9-16(10-24)5-6-23(8-16)14(25)26-15(2,3)4/h7H,5-6,8-10H2,1-4H3. The van der Waals surface area contributed by atoms with Gasteiger partial charge in [0.25, 0.3) is 0 Å². The molecular formula is C17H23F3N4O2. The van der Waals surface area contributed by atoms with Crippen molar-refractivity contribution < 1.29 is 22.7 Å². The maximum absolute atomic E-state index is 12.9. The summed E-state index contributed by atoms with van der Waals surface area (Å²) in [5, 5.41) is 0. The predicted octanol–water partition coefficient (Wildman–Crippen LogP) is 3.25. The SMILES string of the molecule is Cc1cnc(C(F)(F)F)nc1N1CC2(CCN(C(=O)OC(C)(C)C)C2)C1. The van der Waals surface area contributed by atoms with Gasteiger partial charge in [-0.3, -0.25) is 0 Å². The first-order valence-corrected chi connectivity index (χ1v) is 8.52. The lowest BCUT2D eigenvalue weighted by Crippen LogP contribution is -2.58. The van der Waals surface area contributed by atoms with Gasteiger partial charge in [-0.2, -0.15) is 13.2 Å². The molecule has 3 rings (SSSR count). The minimum atomic E-state index is -4.56. The van der Waals surface area contributed by atoms with E-state index in [1.54, 1.807) is 11.8 Å². The van der Waals surface area contributed by atoms with E-state index in [1.165, 1.54) is 6.20 Å². The Balaban J connectivity index is 1.65. The number of anilines is 1. The van der Waals surface area contributed by atoms with E-state index in [1.807, 2.05) is 25.7 Å². The fourth-order valence-electron chi connectivity index (χ4n) is 3.48. The van der Waals surface area contributed by atoms with Crippen LogP contribution < -0.4 is 4.90 Å². The molecule has 0 aromatic carbocycles. The van der Waals surface area contributed by atoms with Crippen LogP contribution in [0, 0.1) is 12.3 Å². The quantitative estimate of drug-likeness (QED) is 0.757. The number of likely N-dealkylation sites (tertiary alicyclic amines) is 1. The first kappa shape index (κ1) is 18.7. The number of nitrogens with zero attached hydrogens (tertiary/aromatic N) is 4. The van der Waals surface area contributed by atoms with Crippen molar-refractivity contribution in [2.45, 2.75) is 45.9 Å². The van der Waals surface area contributed by atoms with E-state index in [4.69, 9.17) is 4.74 Å². The number of aryl methyl sites for hydroxylation is 1. The predicted molar refractivity (Wildman–Crippen MR) is 88.8 cm³/mol. The molecule has 1 aromatic heterocycles. The summed E-state index contributed by atoms with van der Waals surface area (Å²) in [6.45, 7) is 9.44. The molecule has 26 heavy (non-hydrogen) atoms. The second-order valence-corrected chi connectivity index (χ2v) is 8.21. The van der Waals surface area contributed by atoms with Gasteiger partial charge in [0.1, 0.15) is 11.4 Å². The van der Waals surface area contributed by atoms with Crippen molar-refractivity contribution in [2.75, 3.05) is 31.1 Å². The van der Waals surface area contributed by atoms with Gasteiger partial charge in [0.15, 0.2) is 0 Å². The molecule has 1 spiro atoms. The zero-order chi connectivity index (χ0) is 19.3. The molecule has 3 heterocycles. The molecule has 0 bridgehead atoms. The Morgan fingerprint density at radius 2 is 1.88 bits per heavy atom. The molecule has 0 radical (unpaired) electrons. The van der Waals surface area contributed by atoms with Gasteiger partial charge in [0.05, 0.1) is 0 Å². The first-order valence-electron chi connectivity index (χ1n) is 8.52. The van der Waals surface area contributed by atoms with Gasteiger partial charge in [-0.1, -0.05) is 0 Å². The first-order chi connectivity index (χ1) is 11.9.